The van der Waals surface area contributed by atoms with Crippen molar-refractivity contribution in [2.75, 3.05) is 6.54 Å². The molecule has 5 heteroatoms. The highest BCUT2D eigenvalue weighted by atomic mass is 32.1. The van der Waals surface area contributed by atoms with Crippen LogP contribution in [0.3, 0.4) is 0 Å². The van der Waals surface area contributed by atoms with Gasteiger partial charge >= 0.3 is 0 Å². The molecule has 1 heterocycles. The minimum absolute atomic E-state index is 0.149. The molecule has 4 N–H and O–H groups in total. The van der Waals surface area contributed by atoms with E-state index in [4.69, 9.17) is 5.73 Å². The number of aliphatic hydroxyl groups excluding tert-OH is 1. The Morgan fingerprint density at radius 1 is 1.50 bits per heavy atom. The van der Waals surface area contributed by atoms with Crippen molar-refractivity contribution in [1.29, 1.82) is 0 Å². The lowest BCUT2D eigenvalue weighted by Crippen LogP contribution is -2.55. The van der Waals surface area contributed by atoms with Gasteiger partial charge in [-0.15, -0.1) is 0 Å². The molecule has 1 aromatic rings. The number of rotatable bonds is 5. The Bertz CT molecular complexity index is 394. The van der Waals surface area contributed by atoms with E-state index in [2.05, 4.69) is 5.32 Å². The molecule has 102 valence electrons. The van der Waals surface area contributed by atoms with Crippen molar-refractivity contribution in [2.24, 2.45) is 11.1 Å². The Morgan fingerprint density at radius 2 is 2.11 bits per heavy atom. The van der Waals surface area contributed by atoms with Crippen LogP contribution < -0.4 is 11.1 Å². The van der Waals surface area contributed by atoms with Crippen LogP contribution in [-0.4, -0.2) is 23.1 Å². The second-order valence-electron chi connectivity index (χ2n) is 5.63. The Balaban J connectivity index is 2.57. The second-order valence-corrected chi connectivity index (χ2v) is 6.41. The van der Waals surface area contributed by atoms with E-state index in [1.165, 1.54) is 11.3 Å². The predicted molar refractivity (Wildman–Crippen MR) is 74.3 cm³/mol. The highest BCUT2D eigenvalue weighted by Crippen LogP contribution is 2.28. The van der Waals surface area contributed by atoms with Gasteiger partial charge in [0, 0.05) is 12.1 Å². The summed E-state index contributed by atoms with van der Waals surface area (Å²) in [7, 11) is 0. The van der Waals surface area contributed by atoms with E-state index >= 15 is 0 Å². The molecular weight excluding hydrogens is 248 g/mol. The van der Waals surface area contributed by atoms with Crippen LogP contribution in [0.1, 0.15) is 39.4 Å². The van der Waals surface area contributed by atoms with Crippen molar-refractivity contribution in [3.63, 3.8) is 0 Å². The number of nitrogens with two attached hydrogens (primary N) is 1. The standard InChI is InChI=1S/C13H22N2O2S/c1-12(2,13(3,4)14)11(17)15-7-10(16)9-5-6-18-8-9/h5-6,8,10,16H,7,14H2,1-4H3,(H,15,17). The minimum atomic E-state index is -0.693. The number of nitrogens with one attached hydrogen (secondary N) is 1. The Labute approximate surface area is 112 Å². The summed E-state index contributed by atoms with van der Waals surface area (Å²) in [4.78, 5) is 12.1. The maximum atomic E-state index is 12.1. The number of hydrogen-bond acceptors (Lipinski definition) is 4. The molecule has 1 unspecified atom stereocenters. The van der Waals surface area contributed by atoms with Crippen LogP contribution in [0.15, 0.2) is 16.8 Å². The fourth-order valence-electron chi connectivity index (χ4n) is 1.29. The summed E-state index contributed by atoms with van der Waals surface area (Å²) in [5, 5.41) is 16.4. The number of carbonyl (C=O) groups is 1. The van der Waals surface area contributed by atoms with Crippen LogP contribution in [0.25, 0.3) is 0 Å². The predicted octanol–water partition coefficient (Wildman–Crippen LogP) is 1.66. The first kappa shape index (κ1) is 15.1. The van der Waals surface area contributed by atoms with Crippen LogP contribution in [0.5, 0.6) is 0 Å². The third kappa shape index (κ3) is 3.31. The normalized spacial score (nSPS) is 14.3. The van der Waals surface area contributed by atoms with Gasteiger partial charge in [0.1, 0.15) is 0 Å². The molecule has 1 amide bonds. The third-order valence-electron chi connectivity index (χ3n) is 3.56. The Kier molecular flexibility index (Phi) is 4.53. The van der Waals surface area contributed by atoms with Crippen molar-refractivity contribution in [3.05, 3.63) is 22.4 Å². The van der Waals surface area contributed by atoms with Gasteiger partial charge in [0.15, 0.2) is 0 Å². The van der Waals surface area contributed by atoms with Crippen LogP contribution >= 0.6 is 11.3 Å². The zero-order valence-corrected chi connectivity index (χ0v) is 12.2. The summed E-state index contributed by atoms with van der Waals surface area (Å²) in [6.07, 6.45) is -0.670. The maximum Gasteiger partial charge on any atom is 0.227 e. The Hall–Kier alpha value is -0.910. The van der Waals surface area contributed by atoms with Gasteiger partial charge < -0.3 is 16.2 Å². The zero-order valence-electron chi connectivity index (χ0n) is 11.4. The number of carbonyl (C=O) groups excluding carboxylic acids is 1. The molecule has 0 aliphatic rings. The van der Waals surface area contributed by atoms with Crippen molar-refractivity contribution in [2.45, 2.75) is 39.3 Å². The molecule has 1 atom stereocenters. The largest absolute Gasteiger partial charge is 0.387 e. The van der Waals surface area contributed by atoms with Crippen LogP contribution in [0.2, 0.25) is 0 Å². The number of thiophene rings is 1. The fraction of sp³-hybridized carbons (Fsp3) is 0.615. The van der Waals surface area contributed by atoms with E-state index in [1.54, 1.807) is 13.8 Å². The van der Waals surface area contributed by atoms with Crippen LogP contribution in [-0.2, 0) is 4.79 Å². The Morgan fingerprint density at radius 3 is 2.56 bits per heavy atom. The second kappa shape index (κ2) is 5.38. The first-order valence-electron chi connectivity index (χ1n) is 5.93. The van der Waals surface area contributed by atoms with E-state index in [0.29, 0.717) is 0 Å². The summed E-state index contributed by atoms with van der Waals surface area (Å²) in [6, 6.07) is 1.85. The topological polar surface area (TPSA) is 75.4 Å². The zero-order chi connectivity index (χ0) is 14.0. The maximum absolute atomic E-state index is 12.1. The highest BCUT2D eigenvalue weighted by Gasteiger charge is 2.40. The highest BCUT2D eigenvalue weighted by molar-refractivity contribution is 7.07. The summed E-state index contributed by atoms with van der Waals surface area (Å²) in [6.45, 7) is 7.46. The van der Waals surface area contributed by atoms with Gasteiger partial charge in [-0.1, -0.05) is 0 Å². The van der Waals surface area contributed by atoms with Gasteiger partial charge in [-0.3, -0.25) is 4.79 Å². The van der Waals surface area contributed by atoms with Crippen LogP contribution in [0, 0.1) is 5.41 Å². The first-order chi connectivity index (χ1) is 8.16. The van der Waals surface area contributed by atoms with Gasteiger partial charge in [-0.2, -0.15) is 11.3 Å². The molecule has 0 saturated heterocycles. The molecule has 0 radical (unpaired) electrons. The molecule has 0 spiro atoms. The molecular formula is C13H22N2O2S. The van der Waals surface area contributed by atoms with E-state index in [-0.39, 0.29) is 12.5 Å². The van der Waals surface area contributed by atoms with E-state index in [9.17, 15) is 9.90 Å². The van der Waals surface area contributed by atoms with Crippen molar-refractivity contribution in [3.8, 4) is 0 Å². The molecule has 0 aromatic carbocycles. The number of amides is 1. The molecule has 0 aliphatic carbocycles. The van der Waals surface area contributed by atoms with E-state index in [0.717, 1.165) is 5.56 Å². The first-order valence-corrected chi connectivity index (χ1v) is 6.88. The van der Waals surface area contributed by atoms with E-state index in [1.807, 2.05) is 30.7 Å². The smallest absolute Gasteiger partial charge is 0.227 e. The third-order valence-corrected chi connectivity index (χ3v) is 4.26. The van der Waals surface area contributed by atoms with Gasteiger partial charge in [-0.25, -0.2) is 0 Å². The lowest BCUT2D eigenvalue weighted by molar-refractivity contribution is -0.132. The molecule has 0 fully saturated rings. The minimum Gasteiger partial charge on any atom is -0.387 e. The van der Waals surface area contributed by atoms with Crippen molar-refractivity contribution >= 4 is 17.2 Å². The number of aliphatic hydroxyl groups is 1. The molecule has 1 aromatic heterocycles. The number of hydrogen-bond donors (Lipinski definition) is 3. The molecule has 18 heavy (non-hydrogen) atoms. The average molecular weight is 270 g/mol. The van der Waals surface area contributed by atoms with E-state index < -0.39 is 17.1 Å². The van der Waals surface area contributed by atoms with Gasteiger partial charge in [0.05, 0.1) is 11.5 Å². The summed E-state index contributed by atoms with van der Waals surface area (Å²) in [5.41, 5.74) is 5.50. The summed E-state index contributed by atoms with van der Waals surface area (Å²) < 4.78 is 0. The van der Waals surface area contributed by atoms with Crippen molar-refractivity contribution < 1.29 is 9.90 Å². The molecule has 4 nitrogen and oxygen atoms in total. The lowest BCUT2D eigenvalue weighted by Gasteiger charge is -2.37. The van der Waals surface area contributed by atoms with Gasteiger partial charge in [0.25, 0.3) is 0 Å². The average Bonchev–Trinajstić information content (AvgIpc) is 2.76. The monoisotopic (exact) mass is 270 g/mol. The fourth-order valence-corrected chi connectivity index (χ4v) is 1.99. The van der Waals surface area contributed by atoms with Crippen LogP contribution in [0.4, 0.5) is 0 Å². The molecule has 1 rings (SSSR count). The lowest BCUT2D eigenvalue weighted by atomic mass is 9.74. The quantitative estimate of drug-likeness (QED) is 0.761. The van der Waals surface area contributed by atoms with Crippen molar-refractivity contribution in [1.82, 2.24) is 5.32 Å². The van der Waals surface area contributed by atoms with Gasteiger partial charge in [0.2, 0.25) is 5.91 Å². The van der Waals surface area contributed by atoms with Gasteiger partial charge in [-0.05, 0) is 50.1 Å². The molecule has 0 saturated carbocycles. The summed E-state index contributed by atoms with van der Waals surface area (Å²) in [5.74, 6) is -0.149. The molecule has 0 aliphatic heterocycles. The SMILES string of the molecule is CC(C)(N)C(C)(C)C(=O)NCC(O)c1ccsc1. The summed E-state index contributed by atoms with van der Waals surface area (Å²) >= 11 is 1.52. The molecule has 0 bridgehead atoms.